The van der Waals surface area contributed by atoms with Crippen LogP contribution in [0.25, 0.3) is 11.0 Å². The fourth-order valence-electron chi connectivity index (χ4n) is 1.33. The van der Waals surface area contributed by atoms with Gasteiger partial charge in [-0.25, -0.2) is 4.98 Å². The van der Waals surface area contributed by atoms with E-state index >= 15 is 0 Å². The van der Waals surface area contributed by atoms with Gasteiger partial charge in [0.2, 0.25) is 0 Å². The van der Waals surface area contributed by atoms with Gasteiger partial charge in [0.1, 0.15) is 17.0 Å². The van der Waals surface area contributed by atoms with E-state index in [2.05, 4.69) is 9.97 Å². The van der Waals surface area contributed by atoms with Crippen molar-refractivity contribution >= 4 is 11.0 Å². The number of para-hydroxylation sites is 1. The maximum atomic E-state index is 11.3. The monoisotopic (exact) mass is 190 g/mol. The molecule has 4 nitrogen and oxygen atoms in total. The van der Waals surface area contributed by atoms with E-state index in [9.17, 15) is 4.79 Å². The van der Waals surface area contributed by atoms with Crippen molar-refractivity contribution in [1.82, 2.24) is 9.97 Å². The van der Waals surface area contributed by atoms with Crippen LogP contribution in [0.5, 0.6) is 5.75 Å². The van der Waals surface area contributed by atoms with Gasteiger partial charge in [0.05, 0.1) is 12.6 Å². The maximum Gasteiger partial charge on any atom is 0.269 e. The molecule has 2 rings (SSSR count). The van der Waals surface area contributed by atoms with E-state index in [0.29, 0.717) is 22.5 Å². The second-order valence-corrected chi connectivity index (χ2v) is 3.01. The Labute approximate surface area is 80.6 Å². The van der Waals surface area contributed by atoms with Crippen molar-refractivity contribution in [3.63, 3.8) is 0 Å². The second kappa shape index (κ2) is 3.14. The first-order valence-electron chi connectivity index (χ1n) is 4.26. The fourth-order valence-corrected chi connectivity index (χ4v) is 1.33. The highest BCUT2D eigenvalue weighted by molar-refractivity contribution is 5.80. The molecule has 0 unspecified atom stereocenters. The summed E-state index contributed by atoms with van der Waals surface area (Å²) >= 11 is 0. The summed E-state index contributed by atoms with van der Waals surface area (Å²) in [4.78, 5) is 18.2. The van der Waals surface area contributed by atoms with Crippen LogP contribution >= 0.6 is 0 Å². The summed E-state index contributed by atoms with van der Waals surface area (Å²) in [6.45, 7) is 1.67. The third kappa shape index (κ3) is 1.25. The van der Waals surface area contributed by atoms with Crippen LogP contribution in [0.1, 0.15) is 5.69 Å². The molecule has 0 spiro atoms. The van der Waals surface area contributed by atoms with Gasteiger partial charge >= 0.3 is 0 Å². The van der Waals surface area contributed by atoms with Crippen LogP contribution in [0.15, 0.2) is 23.0 Å². The number of aromatic amines is 1. The molecule has 0 bridgehead atoms. The van der Waals surface area contributed by atoms with Crippen molar-refractivity contribution in [1.29, 1.82) is 0 Å². The smallest absolute Gasteiger partial charge is 0.269 e. The van der Waals surface area contributed by atoms with Crippen LogP contribution in [-0.2, 0) is 0 Å². The fraction of sp³-hybridized carbons (Fsp3) is 0.200. The summed E-state index contributed by atoms with van der Waals surface area (Å²) in [5.41, 5.74) is 1.67. The number of aromatic nitrogens is 2. The van der Waals surface area contributed by atoms with Crippen LogP contribution < -0.4 is 10.3 Å². The van der Waals surface area contributed by atoms with Gasteiger partial charge in [-0.05, 0) is 19.1 Å². The van der Waals surface area contributed by atoms with Gasteiger partial charge in [-0.1, -0.05) is 6.07 Å². The number of ether oxygens (including phenoxy) is 1. The summed E-state index contributed by atoms with van der Waals surface area (Å²) < 4.78 is 5.14. The zero-order valence-electron chi connectivity index (χ0n) is 8.00. The number of hydrogen-bond acceptors (Lipinski definition) is 3. The molecule has 4 heteroatoms. The topological polar surface area (TPSA) is 55.0 Å². The lowest BCUT2D eigenvalue weighted by Gasteiger charge is -2.03. The minimum Gasteiger partial charge on any atom is -0.494 e. The van der Waals surface area contributed by atoms with Crippen molar-refractivity contribution in [3.05, 3.63) is 34.2 Å². The van der Waals surface area contributed by atoms with Gasteiger partial charge in [-0.15, -0.1) is 0 Å². The molecule has 2 aromatic rings. The van der Waals surface area contributed by atoms with Gasteiger partial charge in [0.25, 0.3) is 5.56 Å². The third-order valence-corrected chi connectivity index (χ3v) is 2.08. The Morgan fingerprint density at radius 1 is 1.43 bits per heavy atom. The van der Waals surface area contributed by atoms with Crippen LogP contribution in [0.3, 0.4) is 0 Å². The van der Waals surface area contributed by atoms with Crippen LogP contribution in [0, 0.1) is 6.92 Å². The molecule has 0 aliphatic carbocycles. The minimum absolute atomic E-state index is 0.161. The highest BCUT2D eigenvalue weighted by Crippen LogP contribution is 2.20. The highest BCUT2D eigenvalue weighted by atomic mass is 16.5. The average Bonchev–Trinajstić information content (AvgIpc) is 2.19. The number of rotatable bonds is 1. The van der Waals surface area contributed by atoms with Crippen molar-refractivity contribution in [2.45, 2.75) is 6.92 Å². The van der Waals surface area contributed by atoms with E-state index < -0.39 is 0 Å². The number of nitrogens with zero attached hydrogens (tertiary/aromatic N) is 1. The first-order chi connectivity index (χ1) is 6.72. The normalized spacial score (nSPS) is 10.4. The van der Waals surface area contributed by atoms with Gasteiger partial charge in [0.15, 0.2) is 0 Å². The zero-order chi connectivity index (χ0) is 10.1. The quantitative estimate of drug-likeness (QED) is 0.736. The molecule has 0 aliphatic heterocycles. The second-order valence-electron chi connectivity index (χ2n) is 3.01. The van der Waals surface area contributed by atoms with E-state index in [4.69, 9.17) is 4.74 Å². The number of methoxy groups -OCH3 is 1. The summed E-state index contributed by atoms with van der Waals surface area (Å²) in [5, 5.41) is 0. The van der Waals surface area contributed by atoms with Crippen LogP contribution in [0.4, 0.5) is 0 Å². The molecule has 0 saturated carbocycles. The molecule has 1 N–H and O–H groups in total. The molecule has 72 valence electrons. The van der Waals surface area contributed by atoms with Gasteiger partial charge in [0, 0.05) is 0 Å². The number of H-pyrrole nitrogens is 1. The molecule has 0 radical (unpaired) electrons. The Kier molecular flexibility index (Phi) is 1.96. The first-order valence-corrected chi connectivity index (χ1v) is 4.26. The lowest BCUT2D eigenvalue weighted by molar-refractivity contribution is 0.418. The summed E-state index contributed by atoms with van der Waals surface area (Å²) in [5.74, 6) is 0.668. The van der Waals surface area contributed by atoms with Gasteiger partial charge in [-0.2, -0.15) is 0 Å². The maximum absolute atomic E-state index is 11.3. The molecule has 14 heavy (non-hydrogen) atoms. The van der Waals surface area contributed by atoms with Crippen molar-refractivity contribution in [2.24, 2.45) is 0 Å². The lowest BCUT2D eigenvalue weighted by atomic mass is 10.2. The first kappa shape index (κ1) is 8.74. The Hall–Kier alpha value is -1.84. The summed E-state index contributed by atoms with van der Waals surface area (Å²) in [7, 11) is 1.58. The van der Waals surface area contributed by atoms with E-state index in [-0.39, 0.29) is 5.56 Å². The minimum atomic E-state index is -0.161. The molecule has 0 saturated heterocycles. The largest absolute Gasteiger partial charge is 0.494 e. The van der Waals surface area contributed by atoms with Crippen molar-refractivity contribution in [3.8, 4) is 5.75 Å². The molecule has 0 aliphatic rings. The van der Waals surface area contributed by atoms with Gasteiger partial charge < -0.3 is 9.72 Å². The molecule has 1 aromatic heterocycles. The number of fused-ring (bicyclic) bond motifs is 1. The van der Waals surface area contributed by atoms with E-state index in [1.807, 2.05) is 12.1 Å². The number of hydrogen-bond donors (Lipinski definition) is 1. The average molecular weight is 190 g/mol. The summed E-state index contributed by atoms with van der Waals surface area (Å²) in [6, 6.07) is 5.42. The Balaban J connectivity index is 2.88. The van der Waals surface area contributed by atoms with Crippen molar-refractivity contribution in [2.75, 3.05) is 7.11 Å². The molecular weight excluding hydrogens is 180 g/mol. The summed E-state index contributed by atoms with van der Waals surface area (Å²) in [6.07, 6.45) is 0. The SMILES string of the molecule is COc1cccc2[nH]c(=O)c(C)nc12. The van der Waals surface area contributed by atoms with Gasteiger partial charge in [-0.3, -0.25) is 4.79 Å². The van der Waals surface area contributed by atoms with Crippen molar-refractivity contribution < 1.29 is 4.74 Å². The van der Waals surface area contributed by atoms with E-state index in [1.54, 1.807) is 20.1 Å². The van der Waals surface area contributed by atoms with Crippen LogP contribution in [0.2, 0.25) is 0 Å². The molecule has 1 heterocycles. The van der Waals surface area contributed by atoms with Crippen LogP contribution in [-0.4, -0.2) is 17.1 Å². The predicted molar refractivity (Wildman–Crippen MR) is 53.7 cm³/mol. The molecule has 0 fully saturated rings. The number of benzene rings is 1. The molecule has 0 atom stereocenters. The molecule has 1 aromatic carbocycles. The lowest BCUT2D eigenvalue weighted by Crippen LogP contribution is -2.11. The Bertz CT molecular complexity index is 531. The Morgan fingerprint density at radius 3 is 2.93 bits per heavy atom. The molecular formula is C10H10N2O2. The van der Waals surface area contributed by atoms with E-state index in [0.717, 1.165) is 0 Å². The standard InChI is InChI=1S/C10H10N2O2/c1-6-10(13)12-7-4-3-5-8(14-2)9(7)11-6/h3-5H,1-2H3,(H,12,13). The Morgan fingerprint density at radius 2 is 2.21 bits per heavy atom. The third-order valence-electron chi connectivity index (χ3n) is 2.08. The predicted octanol–water partition coefficient (Wildman–Crippen LogP) is 1.24. The number of nitrogens with one attached hydrogen (secondary N) is 1. The zero-order valence-corrected chi connectivity index (χ0v) is 8.00. The van der Waals surface area contributed by atoms with E-state index in [1.165, 1.54) is 0 Å². The molecule has 0 amide bonds. The number of aryl methyl sites for hydroxylation is 1. The highest BCUT2D eigenvalue weighted by Gasteiger charge is 2.04.